The molecule has 2 heterocycles. The Morgan fingerprint density at radius 1 is 1.33 bits per heavy atom. The minimum absolute atomic E-state index is 0.830. The van der Waals surface area contributed by atoms with E-state index in [1.54, 1.807) is 11.3 Å². The topological polar surface area (TPSA) is 20.3 Å². The Kier molecular flexibility index (Phi) is 2.13. The highest BCUT2D eigenvalue weighted by Crippen LogP contribution is 2.27. The number of carbonyl (C=O) groups is 1. The van der Waals surface area contributed by atoms with Crippen LogP contribution in [0.5, 0.6) is 0 Å². The van der Waals surface area contributed by atoms with E-state index >= 15 is 0 Å². The first-order valence-corrected chi connectivity index (χ1v) is 5.02. The first-order valence-electron chi connectivity index (χ1n) is 4.20. The predicted molar refractivity (Wildman–Crippen MR) is 51.2 cm³/mol. The van der Waals surface area contributed by atoms with Gasteiger partial charge in [0.05, 0.1) is 9.88 Å². The summed E-state index contributed by atoms with van der Waals surface area (Å²) in [7, 11) is 0. The van der Waals surface area contributed by atoms with Gasteiger partial charge in [-0.25, -0.2) is 0 Å². The van der Waals surface area contributed by atoms with Crippen LogP contribution in [0.1, 0.15) is 22.5 Å². The molecule has 0 aliphatic carbocycles. The van der Waals surface area contributed by atoms with E-state index < -0.39 is 0 Å². The molecule has 0 atom stereocenters. The highest BCUT2D eigenvalue weighted by molar-refractivity contribution is 7.17. The number of thiophene rings is 1. The van der Waals surface area contributed by atoms with Gasteiger partial charge in [-0.15, -0.1) is 11.3 Å². The molecule has 1 aromatic heterocycles. The predicted octanol–water partition coefficient (Wildman–Crippen LogP) is 2.16. The summed E-state index contributed by atoms with van der Waals surface area (Å²) in [4.78, 5) is 13.6. The summed E-state index contributed by atoms with van der Waals surface area (Å²) in [6.45, 7) is 2.30. The van der Waals surface area contributed by atoms with Gasteiger partial charge in [-0.1, -0.05) is 0 Å². The molecule has 0 spiro atoms. The monoisotopic (exact) mass is 181 g/mol. The van der Waals surface area contributed by atoms with Crippen LogP contribution in [0.15, 0.2) is 12.1 Å². The van der Waals surface area contributed by atoms with Crippen molar-refractivity contribution < 1.29 is 4.79 Å². The van der Waals surface area contributed by atoms with Gasteiger partial charge in [0.2, 0.25) is 0 Å². The van der Waals surface area contributed by atoms with Crippen molar-refractivity contribution in [2.45, 2.75) is 12.8 Å². The summed E-state index contributed by atoms with van der Waals surface area (Å²) in [6, 6.07) is 3.94. The van der Waals surface area contributed by atoms with Crippen LogP contribution in [0.3, 0.4) is 0 Å². The van der Waals surface area contributed by atoms with Gasteiger partial charge < -0.3 is 4.90 Å². The maximum absolute atomic E-state index is 10.4. The third kappa shape index (κ3) is 1.37. The van der Waals surface area contributed by atoms with Crippen molar-refractivity contribution in [1.29, 1.82) is 0 Å². The molecule has 1 aromatic rings. The molecule has 0 N–H and O–H groups in total. The minimum Gasteiger partial charge on any atom is -0.363 e. The molecule has 3 heteroatoms. The number of hydrogen-bond donors (Lipinski definition) is 0. The Hall–Kier alpha value is -0.830. The molecule has 2 nitrogen and oxygen atoms in total. The lowest BCUT2D eigenvalue weighted by Crippen LogP contribution is -2.15. The van der Waals surface area contributed by atoms with Gasteiger partial charge in [0.25, 0.3) is 0 Å². The standard InChI is InChI=1S/C9H11NOS/c11-7-8-3-4-9(12-8)10-5-1-2-6-10/h3-4,7H,1-2,5-6H2. The maximum Gasteiger partial charge on any atom is 0.160 e. The largest absolute Gasteiger partial charge is 0.363 e. The zero-order chi connectivity index (χ0) is 8.39. The van der Waals surface area contributed by atoms with E-state index in [0.29, 0.717) is 0 Å². The van der Waals surface area contributed by atoms with E-state index in [4.69, 9.17) is 0 Å². The molecule has 0 unspecified atom stereocenters. The van der Waals surface area contributed by atoms with Crippen LogP contribution < -0.4 is 4.90 Å². The number of carbonyl (C=O) groups excluding carboxylic acids is 1. The summed E-state index contributed by atoms with van der Waals surface area (Å²) in [5, 5.41) is 1.25. The Balaban J connectivity index is 2.16. The molecular formula is C9H11NOS. The third-order valence-electron chi connectivity index (χ3n) is 2.15. The Morgan fingerprint density at radius 2 is 2.08 bits per heavy atom. The molecule has 64 valence electrons. The van der Waals surface area contributed by atoms with Gasteiger partial charge in [-0.05, 0) is 25.0 Å². The first kappa shape index (κ1) is 7.80. The lowest BCUT2D eigenvalue weighted by molar-refractivity contribution is 0.112. The number of rotatable bonds is 2. The van der Waals surface area contributed by atoms with Gasteiger partial charge in [0.1, 0.15) is 0 Å². The lowest BCUT2D eigenvalue weighted by Gasteiger charge is -2.13. The van der Waals surface area contributed by atoms with Crippen molar-refractivity contribution in [2.24, 2.45) is 0 Å². The number of anilines is 1. The second-order valence-electron chi connectivity index (χ2n) is 2.99. The molecule has 0 bridgehead atoms. The molecule has 1 saturated heterocycles. The van der Waals surface area contributed by atoms with E-state index in [2.05, 4.69) is 4.90 Å². The van der Waals surface area contributed by atoms with E-state index in [0.717, 1.165) is 24.3 Å². The number of nitrogens with zero attached hydrogens (tertiary/aromatic N) is 1. The summed E-state index contributed by atoms with van der Waals surface area (Å²) in [6.07, 6.45) is 3.49. The van der Waals surface area contributed by atoms with E-state index in [1.807, 2.05) is 12.1 Å². The molecule has 1 fully saturated rings. The molecular weight excluding hydrogens is 170 g/mol. The summed E-state index contributed by atoms with van der Waals surface area (Å²) >= 11 is 1.59. The average Bonchev–Trinajstić information content (AvgIpc) is 2.75. The summed E-state index contributed by atoms with van der Waals surface area (Å²) in [5.41, 5.74) is 0. The van der Waals surface area contributed by atoms with Crippen LogP contribution in [-0.2, 0) is 0 Å². The van der Waals surface area contributed by atoms with Gasteiger partial charge in [-0.2, -0.15) is 0 Å². The van der Waals surface area contributed by atoms with Crippen molar-refractivity contribution in [1.82, 2.24) is 0 Å². The van der Waals surface area contributed by atoms with Crippen molar-refractivity contribution in [2.75, 3.05) is 18.0 Å². The zero-order valence-corrected chi connectivity index (χ0v) is 7.64. The average molecular weight is 181 g/mol. The highest BCUT2D eigenvalue weighted by atomic mass is 32.1. The number of aldehydes is 1. The molecule has 0 radical (unpaired) electrons. The zero-order valence-electron chi connectivity index (χ0n) is 6.82. The smallest absolute Gasteiger partial charge is 0.160 e. The van der Waals surface area contributed by atoms with Crippen molar-refractivity contribution in [3.63, 3.8) is 0 Å². The molecule has 12 heavy (non-hydrogen) atoms. The molecule has 1 aliphatic heterocycles. The lowest BCUT2D eigenvalue weighted by atomic mass is 10.4. The Morgan fingerprint density at radius 3 is 2.67 bits per heavy atom. The van der Waals surface area contributed by atoms with Crippen LogP contribution >= 0.6 is 11.3 Å². The second-order valence-corrected chi connectivity index (χ2v) is 4.08. The van der Waals surface area contributed by atoms with Crippen LogP contribution in [0.2, 0.25) is 0 Å². The molecule has 1 aliphatic rings. The van der Waals surface area contributed by atoms with Gasteiger partial charge >= 0.3 is 0 Å². The maximum atomic E-state index is 10.4. The van der Waals surface area contributed by atoms with Crippen molar-refractivity contribution in [3.05, 3.63) is 17.0 Å². The Bertz CT molecular complexity index is 276. The van der Waals surface area contributed by atoms with Crippen LogP contribution in [-0.4, -0.2) is 19.4 Å². The quantitative estimate of drug-likeness (QED) is 0.652. The summed E-state index contributed by atoms with van der Waals surface area (Å²) < 4.78 is 0. The minimum atomic E-state index is 0.830. The second kappa shape index (κ2) is 3.27. The van der Waals surface area contributed by atoms with Gasteiger partial charge in [-0.3, -0.25) is 4.79 Å². The van der Waals surface area contributed by atoms with E-state index in [1.165, 1.54) is 17.8 Å². The molecule has 2 rings (SSSR count). The molecule has 0 aromatic carbocycles. The molecule has 0 saturated carbocycles. The normalized spacial score (nSPS) is 16.8. The fourth-order valence-electron chi connectivity index (χ4n) is 1.51. The fraction of sp³-hybridized carbons (Fsp3) is 0.444. The Labute approximate surface area is 75.8 Å². The SMILES string of the molecule is O=Cc1ccc(N2CCCC2)s1. The highest BCUT2D eigenvalue weighted by Gasteiger charge is 2.13. The summed E-state index contributed by atoms with van der Waals surface area (Å²) in [5.74, 6) is 0. The molecule has 0 amide bonds. The van der Waals surface area contributed by atoms with E-state index in [9.17, 15) is 4.79 Å². The third-order valence-corrected chi connectivity index (χ3v) is 3.22. The van der Waals surface area contributed by atoms with Crippen LogP contribution in [0, 0.1) is 0 Å². The fourth-order valence-corrected chi connectivity index (χ4v) is 2.39. The van der Waals surface area contributed by atoms with Crippen molar-refractivity contribution in [3.8, 4) is 0 Å². The van der Waals surface area contributed by atoms with Crippen molar-refractivity contribution >= 4 is 22.6 Å². The van der Waals surface area contributed by atoms with E-state index in [-0.39, 0.29) is 0 Å². The van der Waals surface area contributed by atoms with Crippen LogP contribution in [0.4, 0.5) is 5.00 Å². The van der Waals surface area contributed by atoms with Gasteiger partial charge in [0, 0.05) is 13.1 Å². The number of hydrogen-bond acceptors (Lipinski definition) is 3. The first-order chi connectivity index (χ1) is 5.90. The van der Waals surface area contributed by atoms with Crippen LogP contribution in [0.25, 0.3) is 0 Å². The van der Waals surface area contributed by atoms with Gasteiger partial charge in [0.15, 0.2) is 6.29 Å².